The molecule has 1 aromatic rings. The third-order valence-electron chi connectivity index (χ3n) is 2.91. The molecule has 0 aromatic carbocycles. The molecule has 0 saturated carbocycles. The number of ether oxygens (including phenoxy) is 2. The molecule has 2 heterocycles. The van der Waals surface area contributed by atoms with Crippen LogP contribution in [0.25, 0.3) is 0 Å². The number of aromatic nitrogens is 1. The van der Waals surface area contributed by atoms with Gasteiger partial charge in [-0.2, -0.15) is 0 Å². The van der Waals surface area contributed by atoms with Crippen molar-refractivity contribution in [3.8, 4) is 0 Å². The van der Waals surface area contributed by atoms with Crippen molar-refractivity contribution in [3.63, 3.8) is 0 Å². The average Bonchev–Trinajstić information content (AvgIpc) is 2.67. The first-order valence-electron chi connectivity index (χ1n) is 5.87. The van der Waals surface area contributed by atoms with Crippen molar-refractivity contribution < 1.29 is 14.3 Å². The Kier molecular flexibility index (Phi) is 3.68. The Labute approximate surface area is 100 Å². The molecule has 2 N–H and O–H groups in total. The molecule has 1 aliphatic heterocycles. The molecular weight excluding hydrogens is 220 g/mol. The van der Waals surface area contributed by atoms with E-state index in [2.05, 4.69) is 0 Å². The van der Waals surface area contributed by atoms with Gasteiger partial charge in [0.25, 0.3) is 0 Å². The number of nitrogen functional groups attached to an aromatic ring is 1. The number of carbonyl (C=O) groups is 1. The van der Waals surface area contributed by atoms with Crippen molar-refractivity contribution in [1.29, 1.82) is 0 Å². The van der Waals surface area contributed by atoms with E-state index in [1.165, 1.54) is 0 Å². The first-order valence-corrected chi connectivity index (χ1v) is 5.87. The number of anilines is 1. The zero-order chi connectivity index (χ0) is 12.3. The molecule has 1 saturated heterocycles. The Morgan fingerprint density at radius 2 is 2.47 bits per heavy atom. The van der Waals surface area contributed by atoms with Crippen LogP contribution in [0.3, 0.4) is 0 Å². The standard InChI is InChI=1S/C12H18N2O3/c1-14-7-9(13)6-11(14)12(15)17-8-10-4-2-3-5-16-10/h6-7,10H,2-5,8,13H2,1H3. The van der Waals surface area contributed by atoms with E-state index >= 15 is 0 Å². The highest BCUT2D eigenvalue weighted by atomic mass is 16.6. The van der Waals surface area contributed by atoms with Crippen molar-refractivity contribution in [3.05, 3.63) is 18.0 Å². The van der Waals surface area contributed by atoms with Crippen LogP contribution in [-0.4, -0.2) is 29.9 Å². The average molecular weight is 238 g/mol. The second-order valence-corrected chi connectivity index (χ2v) is 4.36. The van der Waals surface area contributed by atoms with Gasteiger partial charge in [0.2, 0.25) is 0 Å². The third kappa shape index (κ3) is 3.00. The van der Waals surface area contributed by atoms with Crippen molar-refractivity contribution in [2.24, 2.45) is 7.05 Å². The molecule has 0 amide bonds. The number of aryl methyl sites for hydroxylation is 1. The van der Waals surface area contributed by atoms with Crippen LogP contribution in [0, 0.1) is 0 Å². The molecule has 1 unspecified atom stereocenters. The number of nitrogens with two attached hydrogens (primary N) is 1. The van der Waals surface area contributed by atoms with Gasteiger partial charge in [0.05, 0.1) is 11.8 Å². The highest BCUT2D eigenvalue weighted by molar-refractivity contribution is 5.89. The van der Waals surface area contributed by atoms with Gasteiger partial charge in [-0.05, 0) is 25.3 Å². The SMILES string of the molecule is Cn1cc(N)cc1C(=O)OCC1CCCCO1. The second kappa shape index (κ2) is 5.23. The van der Waals surface area contributed by atoms with Crippen LogP contribution in [0.1, 0.15) is 29.8 Å². The van der Waals surface area contributed by atoms with E-state index < -0.39 is 0 Å². The lowest BCUT2D eigenvalue weighted by atomic mass is 10.1. The molecule has 5 heteroatoms. The Morgan fingerprint density at radius 1 is 1.65 bits per heavy atom. The number of carbonyl (C=O) groups excluding carboxylic acids is 1. The highest BCUT2D eigenvalue weighted by Crippen LogP contribution is 2.14. The second-order valence-electron chi connectivity index (χ2n) is 4.36. The van der Waals surface area contributed by atoms with Crippen LogP contribution in [0.4, 0.5) is 5.69 Å². The summed E-state index contributed by atoms with van der Waals surface area (Å²) < 4.78 is 12.4. The minimum atomic E-state index is -0.349. The fraction of sp³-hybridized carbons (Fsp3) is 0.583. The van der Waals surface area contributed by atoms with Gasteiger partial charge < -0.3 is 19.8 Å². The molecule has 1 atom stereocenters. The molecule has 2 rings (SSSR count). The monoisotopic (exact) mass is 238 g/mol. The van der Waals surface area contributed by atoms with E-state index in [1.807, 2.05) is 0 Å². The van der Waals surface area contributed by atoms with Crippen molar-refractivity contribution in [2.75, 3.05) is 18.9 Å². The van der Waals surface area contributed by atoms with Gasteiger partial charge in [0.1, 0.15) is 12.3 Å². The molecular formula is C12H18N2O3. The number of hydrogen-bond donors (Lipinski definition) is 1. The molecule has 5 nitrogen and oxygen atoms in total. The zero-order valence-corrected chi connectivity index (χ0v) is 10.0. The van der Waals surface area contributed by atoms with Gasteiger partial charge in [-0.3, -0.25) is 0 Å². The van der Waals surface area contributed by atoms with Crippen molar-refractivity contribution in [2.45, 2.75) is 25.4 Å². The molecule has 0 aliphatic carbocycles. The van der Waals surface area contributed by atoms with Crippen LogP contribution in [0.2, 0.25) is 0 Å². The molecule has 17 heavy (non-hydrogen) atoms. The zero-order valence-electron chi connectivity index (χ0n) is 10.0. The summed E-state index contributed by atoms with van der Waals surface area (Å²) in [6.45, 7) is 1.09. The van der Waals surface area contributed by atoms with Gasteiger partial charge in [-0.25, -0.2) is 4.79 Å². The lowest BCUT2D eigenvalue weighted by Crippen LogP contribution is -2.26. The summed E-state index contributed by atoms with van der Waals surface area (Å²) in [4.78, 5) is 11.8. The summed E-state index contributed by atoms with van der Waals surface area (Å²) in [6.07, 6.45) is 4.93. The topological polar surface area (TPSA) is 66.5 Å². The van der Waals surface area contributed by atoms with Gasteiger partial charge >= 0.3 is 5.97 Å². The molecule has 94 valence electrons. The number of hydrogen-bond acceptors (Lipinski definition) is 4. The van der Waals surface area contributed by atoms with Gasteiger partial charge in [0, 0.05) is 19.9 Å². The minimum Gasteiger partial charge on any atom is -0.458 e. The third-order valence-corrected chi connectivity index (χ3v) is 2.91. The van der Waals surface area contributed by atoms with E-state index in [9.17, 15) is 4.79 Å². The quantitative estimate of drug-likeness (QED) is 0.807. The van der Waals surface area contributed by atoms with Crippen LogP contribution in [0.15, 0.2) is 12.3 Å². The van der Waals surface area contributed by atoms with Crippen LogP contribution < -0.4 is 5.73 Å². The fourth-order valence-electron chi connectivity index (χ4n) is 1.97. The van der Waals surface area contributed by atoms with Gasteiger partial charge in [0.15, 0.2) is 0 Å². The van der Waals surface area contributed by atoms with E-state index in [0.717, 1.165) is 25.9 Å². The highest BCUT2D eigenvalue weighted by Gasteiger charge is 2.18. The van der Waals surface area contributed by atoms with Crippen molar-refractivity contribution in [1.82, 2.24) is 4.57 Å². The molecule has 0 spiro atoms. The Balaban J connectivity index is 1.86. The van der Waals surface area contributed by atoms with Crippen LogP contribution >= 0.6 is 0 Å². The van der Waals surface area contributed by atoms with Gasteiger partial charge in [-0.15, -0.1) is 0 Å². The fourth-order valence-corrected chi connectivity index (χ4v) is 1.97. The number of nitrogens with zero attached hydrogens (tertiary/aromatic N) is 1. The normalized spacial score (nSPS) is 20.2. The maximum Gasteiger partial charge on any atom is 0.355 e. The lowest BCUT2D eigenvalue weighted by Gasteiger charge is -2.22. The largest absolute Gasteiger partial charge is 0.458 e. The van der Waals surface area contributed by atoms with Crippen LogP contribution in [0.5, 0.6) is 0 Å². The van der Waals surface area contributed by atoms with Gasteiger partial charge in [-0.1, -0.05) is 0 Å². The Morgan fingerprint density at radius 3 is 3.06 bits per heavy atom. The lowest BCUT2D eigenvalue weighted by molar-refractivity contribution is -0.0303. The van der Waals surface area contributed by atoms with Crippen molar-refractivity contribution >= 4 is 11.7 Å². The summed E-state index contributed by atoms with van der Waals surface area (Å²) in [5, 5.41) is 0. The molecule has 1 aromatic heterocycles. The summed E-state index contributed by atoms with van der Waals surface area (Å²) in [5.74, 6) is -0.349. The summed E-state index contributed by atoms with van der Waals surface area (Å²) in [5.41, 5.74) is 6.64. The first-order chi connectivity index (χ1) is 8.16. The molecule has 1 fully saturated rings. The molecule has 0 bridgehead atoms. The molecule has 1 aliphatic rings. The minimum absolute atomic E-state index is 0.0466. The van der Waals surface area contributed by atoms with E-state index in [4.69, 9.17) is 15.2 Å². The summed E-state index contributed by atoms with van der Waals surface area (Å²) in [6, 6.07) is 1.62. The smallest absolute Gasteiger partial charge is 0.355 e. The maximum atomic E-state index is 11.8. The van der Waals surface area contributed by atoms with E-state index in [-0.39, 0.29) is 12.1 Å². The number of rotatable bonds is 3. The van der Waals surface area contributed by atoms with Crippen LogP contribution in [-0.2, 0) is 16.5 Å². The number of esters is 1. The predicted octanol–water partition coefficient (Wildman–Crippen LogP) is 1.33. The Hall–Kier alpha value is -1.49. The first kappa shape index (κ1) is 12.0. The predicted molar refractivity (Wildman–Crippen MR) is 63.7 cm³/mol. The molecule has 0 radical (unpaired) electrons. The summed E-state index contributed by atoms with van der Waals surface area (Å²) in [7, 11) is 1.77. The Bertz CT molecular complexity index is 394. The summed E-state index contributed by atoms with van der Waals surface area (Å²) >= 11 is 0. The van der Waals surface area contributed by atoms with E-state index in [1.54, 1.807) is 23.9 Å². The van der Waals surface area contributed by atoms with E-state index in [0.29, 0.717) is 18.0 Å². The maximum absolute atomic E-state index is 11.8.